The van der Waals surface area contributed by atoms with Crippen molar-refractivity contribution in [2.45, 2.75) is 6.54 Å². The van der Waals surface area contributed by atoms with Gasteiger partial charge in [0.2, 0.25) is 0 Å². The molecule has 8 heteroatoms. The minimum absolute atomic E-state index is 0.206. The summed E-state index contributed by atoms with van der Waals surface area (Å²) in [6, 6.07) is 9.68. The van der Waals surface area contributed by atoms with Gasteiger partial charge in [-0.3, -0.25) is 10.1 Å². The number of quaternary nitrogens is 1. The van der Waals surface area contributed by atoms with Crippen LogP contribution in [0.5, 0.6) is 0 Å². The van der Waals surface area contributed by atoms with Gasteiger partial charge in [-0.2, -0.15) is 0 Å². The van der Waals surface area contributed by atoms with E-state index in [1.165, 1.54) is 29.5 Å². The molecule has 27 heavy (non-hydrogen) atoms. The Morgan fingerprint density at radius 1 is 1.11 bits per heavy atom. The Labute approximate surface area is 158 Å². The lowest BCUT2D eigenvalue weighted by Gasteiger charge is -2.13. The molecule has 0 spiro atoms. The molecule has 1 heterocycles. The van der Waals surface area contributed by atoms with Crippen molar-refractivity contribution in [1.82, 2.24) is 4.98 Å². The average molecular weight is 392 g/mol. The number of rotatable bonds is 6. The first-order chi connectivity index (χ1) is 12.9. The number of benzene rings is 2. The van der Waals surface area contributed by atoms with Crippen molar-refractivity contribution in [3.8, 4) is 11.3 Å². The zero-order valence-corrected chi connectivity index (χ0v) is 15.2. The second kappa shape index (κ2) is 8.32. The van der Waals surface area contributed by atoms with Gasteiger partial charge in [0.15, 0.2) is 23.3 Å². The number of aromatic nitrogens is 1. The first-order valence-electron chi connectivity index (χ1n) is 8.17. The molecule has 3 aromatic rings. The maximum Gasteiger partial charge on any atom is 0.281 e. The molecule has 1 atom stereocenters. The largest absolute Gasteiger partial charge is 0.326 e. The highest BCUT2D eigenvalue weighted by Gasteiger charge is 2.14. The number of thiazole rings is 1. The van der Waals surface area contributed by atoms with Gasteiger partial charge >= 0.3 is 0 Å². The van der Waals surface area contributed by atoms with Crippen molar-refractivity contribution < 1.29 is 22.9 Å². The van der Waals surface area contributed by atoms with E-state index in [0.29, 0.717) is 22.9 Å². The van der Waals surface area contributed by atoms with Crippen LogP contribution in [0.1, 0.15) is 5.56 Å². The maximum atomic E-state index is 13.3. The van der Waals surface area contributed by atoms with Crippen molar-refractivity contribution in [2.75, 3.05) is 18.9 Å². The predicted molar refractivity (Wildman–Crippen MR) is 98.0 cm³/mol. The number of nitrogens with zero attached hydrogens (tertiary/aromatic N) is 1. The van der Waals surface area contributed by atoms with Crippen molar-refractivity contribution in [3.05, 3.63) is 70.9 Å². The molecule has 1 amide bonds. The summed E-state index contributed by atoms with van der Waals surface area (Å²) in [6.07, 6.45) is 0. The van der Waals surface area contributed by atoms with Crippen LogP contribution in [0.25, 0.3) is 11.3 Å². The number of likely N-dealkylation sites (N-methyl/N-ethyl adjacent to an activating group) is 1. The number of halogens is 3. The Hall–Kier alpha value is -2.71. The average Bonchev–Trinajstić information content (AvgIpc) is 3.07. The van der Waals surface area contributed by atoms with Gasteiger partial charge in [0.1, 0.15) is 12.4 Å². The van der Waals surface area contributed by atoms with Gasteiger partial charge < -0.3 is 4.90 Å². The lowest BCUT2D eigenvalue weighted by molar-refractivity contribution is -0.885. The second-order valence-corrected chi connectivity index (χ2v) is 7.01. The van der Waals surface area contributed by atoms with Crippen LogP contribution in [-0.4, -0.2) is 24.5 Å². The smallest absolute Gasteiger partial charge is 0.281 e. The molecule has 1 unspecified atom stereocenters. The van der Waals surface area contributed by atoms with Gasteiger partial charge in [-0.1, -0.05) is 12.1 Å². The van der Waals surface area contributed by atoms with Gasteiger partial charge in [-0.05, 0) is 30.3 Å². The van der Waals surface area contributed by atoms with Crippen LogP contribution in [0.3, 0.4) is 0 Å². The van der Waals surface area contributed by atoms with E-state index in [1.54, 1.807) is 17.5 Å². The van der Waals surface area contributed by atoms with Gasteiger partial charge in [-0.25, -0.2) is 18.2 Å². The van der Waals surface area contributed by atoms with Crippen molar-refractivity contribution >= 4 is 22.4 Å². The van der Waals surface area contributed by atoms with Crippen LogP contribution in [-0.2, 0) is 11.3 Å². The number of hydrogen-bond acceptors (Lipinski definition) is 3. The lowest BCUT2D eigenvalue weighted by atomic mass is 10.2. The van der Waals surface area contributed by atoms with E-state index >= 15 is 0 Å². The normalized spacial score (nSPS) is 12.0. The Bertz CT molecular complexity index is 944. The van der Waals surface area contributed by atoms with Crippen LogP contribution in [0, 0.1) is 17.5 Å². The molecule has 0 aliphatic heterocycles. The number of hydrogen-bond donors (Lipinski definition) is 2. The Morgan fingerprint density at radius 2 is 1.85 bits per heavy atom. The fourth-order valence-corrected chi connectivity index (χ4v) is 3.31. The maximum absolute atomic E-state index is 13.3. The molecule has 0 aliphatic rings. The molecule has 0 saturated heterocycles. The SMILES string of the molecule is C[NH+](CC(=O)Nc1nc(-c2ccc(F)c(F)c2)cs1)Cc1ccc(F)cc1. The molecule has 3 rings (SSSR count). The minimum atomic E-state index is -0.947. The zero-order chi connectivity index (χ0) is 19.4. The summed E-state index contributed by atoms with van der Waals surface area (Å²) in [5, 5.41) is 4.75. The Morgan fingerprint density at radius 3 is 2.56 bits per heavy atom. The predicted octanol–water partition coefficient (Wildman–Crippen LogP) is 2.88. The number of anilines is 1. The fraction of sp³-hybridized carbons (Fsp3) is 0.158. The van der Waals surface area contributed by atoms with Gasteiger partial charge in [-0.15, -0.1) is 11.3 Å². The highest BCUT2D eigenvalue weighted by atomic mass is 32.1. The molecule has 0 bridgehead atoms. The second-order valence-electron chi connectivity index (χ2n) is 6.15. The number of carbonyl (C=O) groups excluding carboxylic acids is 1. The third kappa shape index (κ3) is 5.15. The molecule has 0 saturated carbocycles. The lowest BCUT2D eigenvalue weighted by Crippen LogP contribution is -3.08. The van der Waals surface area contributed by atoms with E-state index in [-0.39, 0.29) is 18.3 Å². The van der Waals surface area contributed by atoms with E-state index < -0.39 is 11.6 Å². The van der Waals surface area contributed by atoms with Gasteiger partial charge in [0.05, 0.1) is 12.7 Å². The number of nitrogens with one attached hydrogen (secondary N) is 2. The summed E-state index contributed by atoms with van der Waals surface area (Å²) in [7, 11) is 1.86. The zero-order valence-electron chi connectivity index (χ0n) is 14.4. The van der Waals surface area contributed by atoms with Crippen LogP contribution >= 0.6 is 11.3 Å². The molecule has 0 fully saturated rings. The van der Waals surface area contributed by atoms with E-state index in [2.05, 4.69) is 10.3 Å². The summed E-state index contributed by atoms with van der Waals surface area (Å²) in [6.45, 7) is 0.781. The van der Waals surface area contributed by atoms with Crippen molar-refractivity contribution in [2.24, 2.45) is 0 Å². The van der Waals surface area contributed by atoms with E-state index in [9.17, 15) is 18.0 Å². The third-order valence-corrected chi connectivity index (χ3v) is 4.61. The van der Waals surface area contributed by atoms with Crippen LogP contribution < -0.4 is 10.2 Å². The van der Waals surface area contributed by atoms with Gasteiger partial charge in [0, 0.05) is 16.5 Å². The molecule has 0 aliphatic carbocycles. The quantitative estimate of drug-likeness (QED) is 0.678. The van der Waals surface area contributed by atoms with Crippen LogP contribution in [0.2, 0.25) is 0 Å². The highest BCUT2D eigenvalue weighted by Crippen LogP contribution is 2.25. The molecule has 4 nitrogen and oxygen atoms in total. The molecule has 1 aromatic heterocycles. The molecular weight excluding hydrogens is 375 g/mol. The molecule has 0 radical (unpaired) electrons. The first kappa shape index (κ1) is 19.1. The Kier molecular flexibility index (Phi) is 5.88. The molecular formula is C19H17F3N3OS+. The highest BCUT2D eigenvalue weighted by molar-refractivity contribution is 7.14. The van der Waals surface area contributed by atoms with E-state index in [1.807, 2.05) is 7.05 Å². The fourth-order valence-electron chi connectivity index (χ4n) is 2.57. The van der Waals surface area contributed by atoms with E-state index in [0.717, 1.165) is 22.6 Å². The van der Waals surface area contributed by atoms with E-state index in [4.69, 9.17) is 0 Å². The summed E-state index contributed by atoms with van der Waals surface area (Å²) < 4.78 is 39.3. The number of amides is 1. The summed E-state index contributed by atoms with van der Waals surface area (Å²) in [5.41, 5.74) is 1.82. The molecule has 2 aromatic carbocycles. The number of carbonyl (C=O) groups is 1. The third-order valence-electron chi connectivity index (χ3n) is 3.85. The summed E-state index contributed by atoms with van der Waals surface area (Å²) >= 11 is 1.21. The summed E-state index contributed by atoms with van der Waals surface area (Å²) in [5.74, 6) is -2.39. The van der Waals surface area contributed by atoms with Crippen LogP contribution in [0.15, 0.2) is 47.8 Å². The minimum Gasteiger partial charge on any atom is -0.326 e. The topological polar surface area (TPSA) is 46.4 Å². The molecule has 2 N–H and O–H groups in total. The Balaban J connectivity index is 1.57. The van der Waals surface area contributed by atoms with Crippen molar-refractivity contribution in [3.63, 3.8) is 0 Å². The first-order valence-corrected chi connectivity index (χ1v) is 9.05. The standard InChI is InChI=1S/C19H16F3N3OS/c1-25(9-12-2-5-14(20)6-3-12)10-18(26)24-19-23-17(11-27-19)13-4-7-15(21)16(22)8-13/h2-8,11H,9-10H2,1H3,(H,23,24,26)/p+1. The van der Waals surface area contributed by atoms with Gasteiger partial charge in [0.25, 0.3) is 5.91 Å². The monoisotopic (exact) mass is 392 g/mol. The van der Waals surface area contributed by atoms with Crippen LogP contribution in [0.4, 0.5) is 18.3 Å². The molecule has 140 valence electrons. The summed E-state index contributed by atoms with van der Waals surface area (Å²) in [4.78, 5) is 17.3. The van der Waals surface area contributed by atoms with Crippen molar-refractivity contribution in [1.29, 1.82) is 0 Å².